The smallest absolute Gasteiger partial charge is 0.188 e. The van der Waals surface area contributed by atoms with Crippen LogP contribution in [0, 0.1) is 0 Å². The Hall–Kier alpha value is -2.46. The summed E-state index contributed by atoms with van der Waals surface area (Å²) in [5.41, 5.74) is 1.65. The van der Waals surface area contributed by atoms with Crippen molar-refractivity contribution in [1.29, 1.82) is 0 Å². The van der Waals surface area contributed by atoms with E-state index in [0.717, 1.165) is 5.56 Å². The second kappa shape index (κ2) is 7.00. The maximum Gasteiger partial charge on any atom is 0.188 e. The highest BCUT2D eigenvalue weighted by atomic mass is 32.2. The van der Waals surface area contributed by atoms with Gasteiger partial charge >= 0.3 is 0 Å². The van der Waals surface area contributed by atoms with Gasteiger partial charge in [0.1, 0.15) is 5.25 Å². The minimum atomic E-state index is -0.356. The summed E-state index contributed by atoms with van der Waals surface area (Å²) in [6, 6.07) is 20.8. The number of nitrogens with zero attached hydrogens (tertiary/aromatic N) is 2. The van der Waals surface area contributed by atoms with Gasteiger partial charge in [-0.25, -0.2) is 9.97 Å². The van der Waals surface area contributed by atoms with Crippen LogP contribution in [0.25, 0.3) is 0 Å². The molecule has 3 aromatic rings. The van der Waals surface area contributed by atoms with Crippen molar-refractivity contribution in [2.24, 2.45) is 0 Å². The van der Waals surface area contributed by atoms with Crippen molar-refractivity contribution in [2.75, 3.05) is 0 Å². The molecule has 108 valence electrons. The number of rotatable bonds is 5. The third-order valence-corrected chi connectivity index (χ3v) is 4.31. The summed E-state index contributed by atoms with van der Waals surface area (Å²) in [6.07, 6.45) is 3.37. The molecule has 0 aliphatic heterocycles. The Labute approximate surface area is 133 Å². The number of ketones is 1. The van der Waals surface area contributed by atoms with E-state index < -0.39 is 0 Å². The molecule has 0 N–H and O–H groups in total. The molecular formula is C18H14N2OS. The highest BCUT2D eigenvalue weighted by Gasteiger charge is 2.24. The number of carbonyl (C=O) groups is 1. The molecular weight excluding hydrogens is 292 g/mol. The van der Waals surface area contributed by atoms with Gasteiger partial charge in [0, 0.05) is 18.0 Å². The van der Waals surface area contributed by atoms with Crippen LogP contribution in [0.2, 0.25) is 0 Å². The Kier molecular flexibility index (Phi) is 4.61. The summed E-state index contributed by atoms with van der Waals surface area (Å²) in [6.45, 7) is 0. The standard InChI is InChI=1S/C18H14N2OS/c21-16(14-8-3-1-4-9-14)17(15-10-5-2-6-11-15)22-18-19-12-7-13-20-18/h1-13,17H/t17-/m0/s1. The molecule has 2 aromatic carbocycles. The van der Waals surface area contributed by atoms with Crippen LogP contribution in [0.15, 0.2) is 84.3 Å². The van der Waals surface area contributed by atoms with Gasteiger partial charge in [-0.2, -0.15) is 0 Å². The van der Waals surface area contributed by atoms with E-state index in [0.29, 0.717) is 10.7 Å². The number of Topliss-reactive ketones (excluding diaryl/α,β-unsaturated/α-hetero) is 1. The molecule has 0 aliphatic rings. The van der Waals surface area contributed by atoms with E-state index in [9.17, 15) is 4.79 Å². The first-order valence-electron chi connectivity index (χ1n) is 6.92. The van der Waals surface area contributed by atoms with Crippen LogP contribution in [-0.4, -0.2) is 15.8 Å². The summed E-state index contributed by atoms with van der Waals surface area (Å²) in [4.78, 5) is 21.3. The monoisotopic (exact) mass is 306 g/mol. The van der Waals surface area contributed by atoms with Crippen molar-refractivity contribution >= 4 is 17.5 Å². The second-order valence-electron chi connectivity index (χ2n) is 4.67. The lowest BCUT2D eigenvalue weighted by molar-refractivity contribution is 0.0989. The van der Waals surface area contributed by atoms with Crippen LogP contribution >= 0.6 is 11.8 Å². The number of hydrogen-bond donors (Lipinski definition) is 0. The Balaban J connectivity index is 1.95. The molecule has 22 heavy (non-hydrogen) atoms. The fraction of sp³-hybridized carbons (Fsp3) is 0.0556. The topological polar surface area (TPSA) is 42.9 Å². The number of carbonyl (C=O) groups excluding carboxylic acids is 1. The Bertz CT molecular complexity index is 733. The average molecular weight is 306 g/mol. The average Bonchev–Trinajstić information content (AvgIpc) is 2.61. The van der Waals surface area contributed by atoms with Crippen molar-refractivity contribution in [2.45, 2.75) is 10.4 Å². The van der Waals surface area contributed by atoms with E-state index in [1.807, 2.05) is 60.7 Å². The predicted molar refractivity (Wildman–Crippen MR) is 87.8 cm³/mol. The van der Waals surface area contributed by atoms with E-state index in [-0.39, 0.29) is 11.0 Å². The van der Waals surface area contributed by atoms with Gasteiger partial charge in [0.15, 0.2) is 10.9 Å². The van der Waals surface area contributed by atoms with E-state index in [1.54, 1.807) is 18.5 Å². The lowest BCUT2D eigenvalue weighted by Crippen LogP contribution is -2.10. The van der Waals surface area contributed by atoms with E-state index in [2.05, 4.69) is 9.97 Å². The minimum Gasteiger partial charge on any atom is -0.293 e. The summed E-state index contributed by atoms with van der Waals surface area (Å²) >= 11 is 1.37. The lowest BCUT2D eigenvalue weighted by Gasteiger charge is -2.15. The van der Waals surface area contributed by atoms with E-state index >= 15 is 0 Å². The molecule has 0 fully saturated rings. The Morgan fingerprint density at radius 1 is 0.818 bits per heavy atom. The Morgan fingerprint density at radius 3 is 2.05 bits per heavy atom. The first-order chi connectivity index (χ1) is 10.8. The maximum atomic E-state index is 12.9. The zero-order valence-corrected chi connectivity index (χ0v) is 12.6. The quantitative estimate of drug-likeness (QED) is 0.403. The van der Waals surface area contributed by atoms with Crippen molar-refractivity contribution < 1.29 is 4.79 Å². The highest BCUT2D eigenvalue weighted by molar-refractivity contribution is 8.00. The molecule has 0 bridgehead atoms. The predicted octanol–water partition coefficient (Wildman–Crippen LogP) is 4.19. The zero-order chi connectivity index (χ0) is 15.2. The van der Waals surface area contributed by atoms with Crippen LogP contribution in [0.4, 0.5) is 0 Å². The third kappa shape index (κ3) is 3.40. The van der Waals surface area contributed by atoms with Gasteiger partial charge in [-0.1, -0.05) is 72.4 Å². The molecule has 1 heterocycles. The molecule has 0 spiro atoms. The molecule has 0 aliphatic carbocycles. The summed E-state index contributed by atoms with van der Waals surface area (Å²) in [5, 5.41) is 0.242. The second-order valence-corrected chi connectivity index (χ2v) is 5.74. The van der Waals surface area contributed by atoms with Crippen molar-refractivity contribution in [1.82, 2.24) is 9.97 Å². The summed E-state index contributed by atoms with van der Waals surface area (Å²) in [5.74, 6) is 0.0595. The SMILES string of the molecule is O=C(c1ccccc1)[C@@H](Sc1ncccn1)c1ccccc1. The normalized spacial score (nSPS) is 11.8. The van der Waals surface area contributed by atoms with Gasteiger partial charge in [-0.05, 0) is 11.6 Å². The van der Waals surface area contributed by atoms with Gasteiger partial charge in [0.2, 0.25) is 0 Å². The van der Waals surface area contributed by atoms with Crippen LogP contribution in [0.5, 0.6) is 0 Å². The maximum absolute atomic E-state index is 12.9. The largest absolute Gasteiger partial charge is 0.293 e. The van der Waals surface area contributed by atoms with E-state index in [1.165, 1.54) is 11.8 Å². The first-order valence-corrected chi connectivity index (χ1v) is 7.80. The van der Waals surface area contributed by atoms with Gasteiger partial charge in [-0.3, -0.25) is 4.79 Å². The molecule has 4 heteroatoms. The number of thioether (sulfide) groups is 1. The van der Waals surface area contributed by atoms with E-state index in [4.69, 9.17) is 0 Å². The van der Waals surface area contributed by atoms with Crippen molar-refractivity contribution in [3.63, 3.8) is 0 Å². The molecule has 1 aromatic heterocycles. The van der Waals surface area contributed by atoms with Crippen LogP contribution in [-0.2, 0) is 0 Å². The molecule has 0 radical (unpaired) electrons. The van der Waals surface area contributed by atoms with Gasteiger partial charge in [0.25, 0.3) is 0 Å². The van der Waals surface area contributed by atoms with Crippen LogP contribution < -0.4 is 0 Å². The fourth-order valence-corrected chi connectivity index (χ4v) is 3.10. The summed E-state index contributed by atoms with van der Waals surface area (Å²) in [7, 11) is 0. The molecule has 0 unspecified atom stereocenters. The first kappa shape index (κ1) is 14.5. The van der Waals surface area contributed by atoms with Crippen molar-refractivity contribution in [3.8, 4) is 0 Å². The van der Waals surface area contributed by atoms with Gasteiger partial charge in [0.05, 0.1) is 0 Å². The lowest BCUT2D eigenvalue weighted by atomic mass is 10.0. The van der Waals surface area contributed by atoms with Gasteiger partial charge in [-0.15, -0.1) is 0 Å². The number of aromatic nitrogens is 2. The molecule has 3 nitrogen and oxygen atoms in total. The van der Waals surface area contributed by atoms with Crippen LogP contribution in [0.1, 0.15) is 21.2 Å². The number of benzene rings is 2. The molecule has 0 saturated heterocycles. The van der Waals surface area contributed by atoms with Gasteiger partial charge < -0.3 is 0 Å². The molecule has 0 saturated carbocycles. The zero-order valence-electron chi connectivity index (χ0n) is 11.8. The van der Waals surface area contributed by atoms with Crippen molar-refractivity contribution in [3.05, 3.63) is 90.3 Å². The molecule has 1 atom stereocenters. The molecule has 3 rings (SSSR count). The molecule has 0 amide bonds. The minimum absolute atomic E-state index is 0.0595. The highest BCUT2D eigenvalue weighted by Crippen LogP contribution is 2.35. The third-order valence-electron chi connectivity index (χ3n) is 3.16. The summed E-state index contributed by atoms with van der Waals surface area (Å²) < 4.78 is 0. The fourth-order valence-electron chi connectivity index (χ4n) is 2.11. The van der Waals surface area contributed by atoms with Crippen LogP contribution in [0.3, 0.4) is 0 Å². The number of hydrogen-bond acceptors (Lipinski definition) is 4. The Morgan fingerprint density at radius 2 is 1.41 bits per heavy atom.